The fraction of sp³-hybridized carbons (Fsp3) is 0.348. The summed E-state index contributed by atoms with van der Waals surface area (Å²) in [7, 11) is 0. The van der Waals surface area contributed by atoms with Gasteiger partial charge in [0.15, 0.2) is 11.5 Å². The van der Waals surface area contributed by atoms with Crippen LogP contribution in [0.15, 0.2) is 36.4 Å². The molecule has 8 heteroatoms. The number of nitrogens with zero attached hydrogens (tertiary/aromatic N) is 1. The van der Waals surface area contributed by atoms with Gasteiger partial charge in [-0.1, -0.05) is 12.1 Å². The van der Waals surface area contributed by atoms with E-state index in [0.717, 1.165) is 24.2 Å². The van der Waals surface area contributed by atoms with Gasteiger partial charge in [0.05, 0.1) is 0 Å². The van der Waals surface area contributed by atoms with E-state index < -0.39 is 23.4 Å². The van der Waals surface area contributed by atoms with Gasteiger partial charge < -0.3 is 20.1 Å². The van der Waals surface area contributed by atoms with Crippen LogP contribution in [0.5, 0.6) is 11.5 Å². The molecular formula is C23H23N3O5. The Morgan fingerprint density at radius 1 is 1.06 bits per heavy atom. The number of benzene rings is 2. The average molecular weight is 421 g/mol. The minimum atomic E-state index is -1.29. The molecule has 0 unspecified atom stereocenters. The van der Waals surface area contributed by atoms with Crippen LogP contribution in [0.4, 0.5) is 10.5 Å². The Kier molecular flexibility index (Phi) is 4.57. The molecule has 1 saturated heterocycles. The van der Waals surface area contributed by atoms with Crippen LogP contribution in [-0.4, -0.2) is 42.5 Å². The Morgan fingerprint density at radius 2 is 1.84 bits per heavy atom. The number of ether oxygens (including phenoxy) is 2. The molecule has 2 heterocycles. The number of urea groups is 1. The molecule has 0 radical (unpaired) electrons. The van der Waals surface area contributed by atoms with E-state index in [1.54, 1.807) is 25.1 Å². The van der Waals surface area contributed by atoms with Gasteiger partial charge in [-0.05, 0) is 67.1 Å². The Balaban J connectivity index is 1.31. The Bertz CT molecular complexity index is 1100. The third kappa shape index (κ3) is 3.37. The number of carbonyl (C=O) groups excluding carboxylic acids is 3. The van der Waals surface area contributed by atoms with Crippen molar-refractivity contribution in [1.82, 2.24) is 10.2 Å². The number of hydrogen-bond acceptors (Lipinski definition) is 5. The highest BCUT2D eigenvalue weighted by atomic mass is 16.6. The zero-order valence-corrected chi connectivity index (χ0v) is 17.2. The van der Waals surface area contributed by atoms with Gasteiger partial charge in [0.25, 0.3) is 5.91 Å². The lowest BCUT2D eigenvalue weighted by molar-refractivity contribution is -0.133. The molecule has 2 aromatic carbocycles. The van der Waals surface area contributed by atoms with E-state index in [2.05, 4.69) is 10.6 Å². The van der Waals surface area contributed by atoms with Gasteiger partial charge in [-0.25, -0.2) is 4.79 Å². The quantitative estimate of drug-likeness (QED) is 0.739. The highest BCUT2D eigenvalue weighted by molar-refractivity contribution is 6.10. The average Bonchev–Trinajstić information content (AvgIpc) is 3.32. The van der Waals surface area contributed by atoms with Gasteiger partial charge in [-0.15, -0.1) is 0 Å². The summed E-state index contributed by atoms with van der Waals surface area (Å²) in [4.78, 5) is 39.2. The second kappa shape index (κ2) is 7.30. The van der Waals surface area contributed by atoms with Gasteiger partial charge >= 0.3 is 6.03 Å². The molecule has 2 aromatic rings. The van der Waals surface area contributed by atoms with Crippen molar-refractivity contribution in [3.8, 4) is 11.5 Å². The van der Waals surface area contributed by atoms with Gasteiger partial charge in [-0.3, -0.25) is 14.5 Å². The van der Waals surface area contributed by atoms with Gasteiger partial charge in [0, 0.05) is 5.69 Å². The summed E-state index contributed by atoms with van der Waals surface area (Å²) in [6.45, 7) is 2.15. The number of amides is 4. The number of anilines is 1. The maximum Gasteiger partial charge on any atom is 0.325 e. The zero-order valence-electron chi connectivity index (χ0n) is 17.2. The lowest BCUT2D eigenvalue weighted by Crippen LogP contribution is -2.42. The maximum atomic E-state index is 13.1. The molecule has 0 spiro atoms. The molecule has 5 rings (SSSR count). The first-order chi connectivity index (χ1) is 14.9. The van der Waals surface area contributed by atoms with E-state index >= 15 is 0 Å². The number of carbonyl (C=O) groups is 3. The summed E-state index contributed by atoms with van der Waals surface area (Å²) in [6.07, 6.45) is 3.18. The number of aryl methyl sites for hydroxylation is 2. The van der Waals surface area contributed by atoms with Crippen LogP contribution < -0.4 is 20.1 Å². The van der Waals surface area contributed by atoms with Crippen LogP contribution in [0.25, 0.3) is 0 Å². The van der Waals surface area contributed by atoms with Gasteiger partial charge in [-0.2, -0.15) is 0 Å². The van der Waals surface area contributed by atoms with Crippen molar-refractivity contribution < 1.29 is 23.9 Å². The number of imide groups is 1. The largest absolute Gasteiger partial charge is 0.486 e. The van der Waals surface area contributed by atoms with Crippen LogP contribution >= 0.6 is 0 Å². The number of fused-ring (bicyclic) bond motifs is 2. The Hall–Kier alpha value is -3.55. The summed E-state index contributed by atoms with van der Waals surface area (Å²) in [5.74, 6) is 0.215. The van der Waals surface area contributed by atoms with Gasteiger partial charge in [0.2, 0.25) is 5.91 Å². The molecule has 0 saturated carbocycles. The Morgan fingerprint density at radius 3 is 2.68 bits per heavy atom. The first kappa shape index (κ1) is 19.4. The normalized spacial score (nSPS) is 21.6. The number of nitrogens with one attached hydrogen (secondary N) is 2. The summed E-state index contributed by atoms with van der Waals surface area (Å²) in [6, 6.07) is 10.4. The fourth-order valence-electron chi connectivity index (χ4n) is 4.38. The lowest BCUT2D eigenvalue weighted by Gasteiger charge is -2.25. The minimum Gasteiger partial charge on any atom is -0.486 e. The van der Waals surface area contributed by atoms with E-state index in [-0.39, 0.29) is 6.54 Å². The zero-order chi connectivity index (χ0) is 21.6. The lowest BCUT2D eigenvalue weighted by atomic mass is 9.91. The van der Waals surface area contributed by atoms with Crippen molar-refractivity contribution >= 4 is 23.5 Å². The highest BCUT2D eigenvalue weighted by Gasteiger charge is 2.49. The molecular weight excluding hydrogens is 398 g/mol. The molecule has 3 aliphatic rings. The number of hydrogen-bond donors (Lipinski definition) is 2. The van der Waals surface area contributed by atoms with Crippen LogP contribution in [0.2, 0.25) is 0 Å². The first-order valence-corrected chi connectivity index (χ1v) is 10.4. The SMILES string of the molecule is C[C@]1(c2ccc3c(c2)OCCO3)NC(=O)N(CC(=O)Nc2ccc3c(c2)CCC3)C1=O. The van der Waals surface area contributed by atoms with Crippen LogP contribution in [0.1, 0.15) is 30.0 Å². The van der Waals surface area contributed by atoms with Crippen LogP contribution in [0.3, 0.4) is 0 Å². The van der Waals surface area contributed by atoms with E-state index in [1.165, 1.54) is 11.1 Å². The van der Waals surface area contributed by atoms with Crippen molar-refractivity contribution in [3.05, 3.63) is 53.1 Å². The molecule has 160 valence electrons. The highest BCUT2D eigenvalue weighted by Crippen LogP contribution is 2.36. The predicted molar refractivity (Wildman–Crippen MR) is 112 cm³/mol. The predicted octanol–water partition coefficient (Wildman–Crippen LogP) is 2.35. The molecule has 1 fully saturated rings. The Labute approximate surface area is 179 Å². The monoisotopic (exact) mass is 421 g/mol. The van der Waals surface area contributed by atoms with E-state index in [0.29, 0.717) is 36.0 Å². The van der Waals surface area contributed by atoms with Crippen molar-refractivity contribution in [2.24, 2.45) is 0 Å². The fourth-order valence-corrected chi connectivity index (χ4v) is 4.38. The van der Waals surface area contributed by atoms with E-state index in [4.69, 9.17) is 9.47 Å². The topological polar surface area (TPSA) is 97.0 Å². The second-order valence-electron chi connectivity index (χ2n) is 8.19. The van der Waals surface area contributed by atoms with Crippen LogP contribution in [0, 0.1) is 0 Å². The third-order valence-corrected chi connectivity index (χ3v) is 6.08. The second-order valence-corrected chi connectivity index (χ2v) is 8.19. The first-order valence-electron chi connectivity index (χ1n) is 10.4. The van der Waals surface area contributed by atoms with E-state index in [9.17, 15) is 14.4 Å². The molecule has 1 atom stereocenters. The molecule has 4 amide bonds. The van der Waals surface area contributed by atoms with Crippen molar-refractivity contribution in [3.63, 3.8) is 0 Å². The summed E-state index contributed by atoms with van der Waals surface area (Å²) < 4.78 is 11.1. The smallest absolute Gasteiger partial charge is 0.325 e. The van der Waals surface area contributed by atoms with Gasteiger partial charge in [0.1, 0.15) is 25.3 Å². The molecule has 2 aliphatic heterocycles. The molecule has 1 aliphatic carbocycles. The van der Waals surface area contributed by atoms with Crippen molar-refractivity contribution in [2.45, 2.75) is 31.7 Å². The molecule has 0 aromatic heterocycles. The molecule has 31 heavy (non-hydrogen) atoms. The maximum absolute atomic E-state index is 13.1. The van der Waals surface area contributed by atoms with Crippen molar-refractivity contribution in [2.75, 3.05) is 25.1 Å². The standard InChI is InChI=1S/C23H23N3O5/c1-23(16-6-8-18-19(12-16)31-10-9-30-18)21(28)26(22(29)25-23)13-20(27)24-17-7-5-14-3-2-4-15(14)11-17/h5-8,11-12H,2-4,9-10,13H2,1H3,(H,24,27)(H,25,29)/t23-/m1/s1. The van der Waals surface area contributed by atoms with E-state index in [1.807, 2.05) is 18.2 Å². The van der Waals surface area contributed by atoms with Crippen molar-refractivity contribution in [1.29, 1.82) is 0 Å². The summed E-state index contributed by atoms with van der Waals surface area (Å²) in [5, 5.41) is 5.52. The summed E-state index contributed by atoms with van der Waals surface area (Å²) >= 11 is 0. The number of rotatable bonds is 4. The minimum absolute atomic E-state index is 0.359. The molecule has 0 bridgehead atoms. The molecule has 8 nitrogen and oxygen atoms in total. The van der Waals surface area contributed by atoms with Crippen LogP contribution in [-0.2, 0) is 28.0 Å². The summed E-state index contributed by atoms with van der Waals surface area (Å²) in [5.41, 5.74) is 2.49. The molecule has 2 N–H and O–H groups in total. The third-order valence-electron chi connectivity index (χ3n) is 6.08.